The molecule has 0 radical (unpaired) electrons. The molecule has 2 aliphatic carbocycles. The number of aromatic hydroxyl groups is 1. The van der Waals surface area contributed by atoms with E-state index in [1.165, 1.54) is 24.8 Å². The lowest BCUT2D eigenvalue weighted by atomic mass is 9.90. The van der Waals surface area contributed by atoms with Crippen LogP contribution in [0, 0.1) is 27.4 Å². The molecule has 1 aromatic carbocycles. The Hall–Kier alpha value is -2.64. The smallest absolute Gasteiger partial charge is 0.315 e. The number of fused-ring (bicyclic) bond motifs is 1. The number of carbonyl (C=O) groups is 1. The van der Waals surface area contributed by atoms with Crippen LogP contribution in [-0.4, -0.2) is 28.8 Å². The van der Waals surface area contributed by atoms with Gasteiger partial charge in [0.25, 0.3) is 0 Å². The molecule has 0 spiro atoms. The Morgan fingerprint density at radius 3 is 2.92 bits per heavy atom. The molecule has 26 heavy (non-hydrogen) atoms. The zero-order valence-corrected chi connectivity index (χ0v) is 14.9. The normalized spacial score (nSPS) is 27.0. The number of nitrogens with one attached hydrogen (secondary N) is 1. The summed E-state index contributed by atoms with van der Waals surface area (Å²) in [6.07, 6.45) is 5.81. The standard InChI is InChI=1S/C18H23N3O5/c1-3-26-14-9-11(8-13(16(14)22)21(24)25)10-19-20-17(23)15-12-6-4-5-7-18(12,15)2/h8-10,12,15,22H,3-7H2,1-2H3,(H,20,23)/b19-10-/t12-,15+,18+/m1/s1. The fraction of sp³-hybridized carbons (Fsp3) is 0.556. The summed E-state index contributed by atoms with van der Waals surface area (Å²) in [6.45, 7) is 4.12. The number of nitrogens with zero attached hydrogens (tertiary/aromatic N) is 2. The Balaban J connectivity index is 1.70. The second-order valence-electron chi connectivity index (χ2n) is 7.15. The number of benzene rings is 1. The molecule has 8 heteroatoms. The summed E-state index contributed by atoms with van der Waals surface area (Å²) >= 11 is 0. The molecular weight excluding hydrogens is 338 g/mol. The lowest BCUT2D eigenvalue weighted by Crippen LogP contribution is -2.22. The molecule has 2 aliphatic rings. The molecule has 0 aromatic heterocycles. The molecule has 0 bridgehead atoms. The summed E-state index contributed by atoms with van der Waals surface area (Å²) < 4.78 is 5.22. The predicted octanol–water partition coefficient (Wildman–Crippen LogP) is 2.98. The van der Waals surface area contributed by atoms with Crippen LogP contribution in [-0.2, 0) is 4.79 Å². The van der Waals surface area contributed by atoms with Gasteiger partial charge in [0, 0.05) is 17.5 Å². The zero-order chi connectivity index (χ0) is 18.9. The first-order valence-corrected chi connectivity index (χ1v) is 8.85. The van der Waals surface area contributed by atoms with E-state index in [-0.39, 0.29) is 29.6 Å². The number of nitro benzene ring substituents is 1. The van der Waals surface area contributed by atoms with Crippen LogP contribution < -0.4 is 10.2 Å². The van der Waals surface area contributed by atoms with Crippen molar-refractivity contribution in [2.75, 3.05) is 6.61 Å². The van der Waals surface area contributed by atoms with Crippen molar-refractivity contribution in [3.05, 3.63) is 27.8 Å². The molecule has 0 aliphatic heterocycles. The fourth-order valence-corrected chi connectivity index (χ4v) is 4.18. The minimum absolute atomic E-state index is 0.00436. The van der Waals surface area contributed by atoms with E-state index in [4.69, 9.17) is 4.74 Å². The SMILES string of the molecule is CCOc1cc(/C=N\NC(=O)[C@@H]2[C@H]3CCCC[C@@]32C)cc([N+](=O)[O-])c1O. The van der Waals surface area contributed by atoms with Gasteiger partial charge in [0.15, 0.2) is 5.75 Å². The predicted molar refractivity (Wildman–Crippen MR) is 95.2 cm³/mol. The van der Waals surface area contributed by atoms with E-state index in [1.807, 2.05) is 0 Å². The lowest BCUT2D eigenvalue weighted by Gasteiger charge is -2.15. The van der Waals surface area contributed by atoms with Gasteiger partial charge in [0.1, 0.15) is 0 Å². The Morgan fingerprint density at radius 2 is 2.31 bits per heavy atom. The van der Waals surface area contributed by atoms with Crippen LogP contribution in [0.5, 0.6) is 11.5 Å². The number of nitro groups is 1. The van der Waals surface area contributed by atoms with Crippen LogP contribution in [0.15, 0.2) is 17.2 Å². The first kappa shape index (κ1) is 18.2. The highest BCUT2D eigenvalue weighted by atomic mass is 16.6. The average Bonchev–Trinajstić information content (AvgIpc) is 3.23. The third kappa shape index (κ3) is 3.23. The molecule has 140 valence electrons. The highest BCUT2D eigenvalue weighted by Gasteiger charge is 2.64. The lowest BCUT2D eigenvalue weighted by molar-refractivity contribution is -0.386. The molecule has 0 saturated heterocycles. The van der Waals surface area contributed by atoms with E-state index < -0.39 is 16.4 Å². The van der Waals surface area contributed by atoms with Crippen molar-refractivity contribution in [1.29, 1.82) is 0 Å². The minimum atomic E-state index is -0.691. The van der Waals surface area contributed by atoms with Crippen LogP contribution in [0.2, 0.25) is 0 Å². The van der Waals surface area contributed by atoms with E-state index in [0.717, 1.165) is 19.3 Å². The quantitative estimate of drug-likeness (QED) is 0.459. The molecule has 1 amide bonds. The van der Waals surface area contributed by atoms with Gasteiger partial charge in [-0.25, -0.2) is 5.43 Å². The number of phenolic OH excluding ortho intramolecular Hbond substituents is 1. The minimum Gasteiger partial charge on any atom is -0.500 e. The van der Waals surface area contributed by atoms with E-state index in [1.54, 1.807) is 6.92 Å². The third-order valence-electron chi connectivity index (χ3n) is 5.58. The summed E-state index contributed by atoms with van der Waals surface area (Å²) in [5, 5.41) is 24.9. The van der Waals surface area contributed by atoms with Crippen molar-refractivity contribution < 1.29 is 19.6 Å². The molecular formula is C18H23N3O5. The van der Waals surface area contributed by atoms with Gasteiger partial charge in [0.05, 0.1) is 17.7 Å². The van der Waals surface area contributed by atoms with Crippen LogP contribution in [0.1, 0.15) is 45.1 Å². The maximum absolute atomic E-state index is 12.4. The van der Waals surface area contributed by atoms with E-state index >= 15 is 0 Å². The highest BCUT2D eigenvalue weighted by molar-refractivity contribution is 5.87. The summed E-state index contributed by atoms with van der Waals surface area (Å²) in [4.78, 5) is 22.7. The molecule has 2 saturated carbocycles. The van der Waals surface area contributed by atoms with Gasteiger partial charge in [-0.15, -0.1) is 0 Å². The van der Waals surface area contributed by atoms with E-state index in [9.17, 15) is 20.0 Å². The van der Waals surface area contributed by atoms with Crippen molar-refractivity contribution in [3.63, 3.8) is 0 Å². The van der Waals surface area contributed by atoms with Gasteiger partial charge in [-0.05, 0) is 37.2 Å². The maximum Gasteiger partial charge on any atom is 0.315 e. The first-order valence-electron chi connectivity index (χ1n) is 8.85. The Bertz CT molecular complexity index is 763. The average molecular weight is 361 g/mol. The molecule has 1 aromatic rings. The van der Waals surface area contributed by atoms with Crippen molar-refractivity contribution >= 4 is 17.8 Å². The van der Waals surface area contributed by atoms with E-state index in [2.05, 4.69) is 17.5 Å². The number of hydrazone groups is 1. The van der Waals surface area contributed by atoms with Gasteiger partial charge >= 0.3 is 5.69 Å². The maximum atomic E-state index is 12.4. The molecule has 2 N–H and O–H groups in total. The Morgan fingerprint density at radius 1 is 1.54 bits per heavy atom. The number of hydrogen-bond acceptors (Lipinski definition) is 6. The second kappa shape index (κ2) is 6.93. The molecule has 3 rings (SSSR count). The number of carbonyl (C=O) groups excluding carboxylic acids is 1. The Labute approximate surface area is 151 Å². The van der Waals surface area contributed by atoms with Crippen molar-refractivity contribution in [1.82, 2.24) is 5.43 Å². The number of rotatable bonds is 6. The largest absolute Gasteiger partial charge is 0.500 e. The van der Waals surface area contributed by atoms with Gasteiger partial charge in [-0.3, -0.25) is 14.9 Å². The molecule has 0 heterocycles. The van der Waals surface area contributed by atoms with Crippen molar-refractivity contribution in [2.24, 2.45) is 22.4 Å². The van der Waals surface area contributed by atoms with Gasteiger partial charge < -0.3 is 9.84 Å². The first-order chi connectivity index (χ1) is 12.4. The monoisotopic (exact) mass is 361 g/mol. The number of phenols is 1. The molecule has 0 unspecified atom stereocenters. The highest BCUT2D eigenvalue weighted by Crippen LogP contribution is 2.66. The van der Waals surface area contributed by atoms with Crippen LogP contribution >= 0.6 is 0 Å². The fourth-order valence-electron chi connectivity index (χ4n) is 4.18. The van der Waals surface area contributed by atoms with Crippen LogP contribution in [0.25, 0.3) is 0 Å². The van der Waals surface area contributed by atoms with E-state index in [0.29, 0.717) is 11.5 Å². The Kier molecular flexibility index (Phi) is 4.84. The number of hydrogen-bond donors (Lipinski definition) is 2. The molecule has 3 atom stereocenters. The third-order valence-corrected chi connectivity index (χ3v) is 5.58. The zero-order valence-electron chi connectivity index (χ0n) is 14.9. The topological polar surface area (TPSA) is 114 Å². The number of amides is 1. The molecule has 2 fully saturated rings. The summed E-state index contributed by atoms with van der Waals surface area (Å²) in [5.41, 5.74) is 2.53. The number of ether oxygens (including phenoxy) is 1. The summed E-state index contributed by atoms with van der Waals surface area (Å²) in [7, 11) is 0. The van der Waals surface area contributed by atoms with Crippen molar-refractivity contribution in [2.45, 2.75) is 39.5 Å². The summed E-state index contributed by atoms with van der Waals surface area (Å²) in [5.74, 6) is -0.182. The van der Waals surface area contributed by atoms with Gasteiger partial charge in [-0.2, -0.15) is 5.10 Å². The van der Waals surface area contributed by atoms with Crippen LogP contribution in [0.4, 0.5) is 5.69 Å². The second-order valence-corrected chi connectivity index (χ2v) is 7.15. The van der Waals surface area contributed by atoms with Crippen LogP contribution in [0.3, 0.4) is 0 Å². The van der Waals surface area contributed by atoms with Gasteiger partial charge in [0.2, 0.25) is 11.7 Å². The summed E-state index contributed by atoms with van der Waals surface area (Å²) in [6, 6.07) is 2.63. The molecule has 8 nitrogen and oxygen atoms in total. The van der Waals surface area contributed by atoms with Gasteiger partial charge in [-0.1, -0.05) is 19.8 Å². The van der Waals surface area contributed by atoms with Crippen molar-refractivity contribution in [3.8, 4) is 11.5 Å².